The SMILES string of the molecule is CSCC[C@H](NC(=O)[C@H](Cc1cnc[nH]1)NC(=O)[C@H](CO)NC(=O)CN)C(=O)O. The summed E-state index contributed by atoms with van der Waals surface area (Å²) in [6.07, 6.45) is 4.86. The standard InChI is InChI=1S/C16H26N6O6S/c1-29-3-2-10(16(27)28)21-14(25)11(4-9-6-18-8-19-9)22-15(26)12(7-23)20-13(24)5-17/h6,8,10-12,23H,2-5,7,17H2,1H3,(H,18,19)(H,20,24)(H,21,25)(H,22,26)(H,27,28)/t10-,11-,12-/m0/s1. The van der Waals surface area contributed by atoms with Crippen LogP contribution in [0.2, 0.25) is 0 Å². The Kier molecular flexibility index (Phi) is 10.7. The molecular formula is C16H26N6O6S. The van der Waals surface area contributed by atoms with Gasteiger partial charge < -0.3 is 36.9 Å². The van der Waals surface area contributed by atoms with Gasteiger partial charge in [-0.1, -0.05) is 0 Å². The van der Waals surface area contributed by atoms with Gasteiger partial charge in [0.1, 0.15) is 18.1 Å². The third-order valence-corrected chi connectivity index (χ3v) is 4.50. The molecule has 13 heteroatoms. The molecule has 1 heterocycles. The monoisotopic (exact) mass is 430 g/mol. The zero-order chi connectivity index (χ0) is 21.8. The highest BCUT2D eigenvalue weighted by atomic mass is 32.2. The average Bonchev–Trinajstić information content (AvgIpc) is 3.21. The van der Waals surface area contributed by atoms with Gasteiger partial charge in [0.15, 0.2) is 0 Å². The molecule has 0 spiro atoms. The Balaban J connectivity index is 2.91. The molecule has 162 valence electrons. The molecule has 0 aliphatic carbocycles. The number of nitrogens with zero attached hydrogens (tertiary/aromatic N) is 1. The van der Waals surface area contributed by atoms with Crippen LogP contribution in [0.3, 0.4) is 0 Å². The second kappa shape index (κ2) is 12.7. The van der Waals surface area contributed by atoms with Crippen LogP contribution >= 0.6 is 11.8 Å². The van der Waals surface area contributed by atoms with Gasteiger partial charge in [0.2, 0.25) is 17.7 Å². The van der Waals surface area contributed by atoms with E-state index in [1.165, 1.54) is 24.3 Å². The number of aromatic amines is 1. The molecule has 0 saturated heterocycles. The topological polar surface area (TPSA) is 200 Å². The van der Waals surface area contributed by atoms with Crippen molar-refractivity contribution < 1.29 is 29.4 Å². The number of amides is 3. The summed E-state index contributed by atoms with van der Waals surface area (Å²) in [6.45, 7) is -1.08. The van der Waals surface area contributed by atoms with Crippen LogP contribution in [-0.4, -0.2) is 87.2 Å². The number of aromatic nitrogens is 2. The van der Waals surface area contributed by atoms with E-state index in [0.717, 1.165) is 0 Å². The Labute approximate surface area is 171 Å². The highest BCUT2D eigenvalue weighted by Gasteiger charge is 2.29. The summed E-state index contributed by atoms with van der Waals surface area (Å²) in [5.74, 6) is -2.86. The number of nitrogens with two attached hydrogens (primary N) is 1. The first-order chi connectivity index (χ1) is 13.8. The first kappa shape index (κ1) is 24.4. The van der Waals surface area contributed by atoms with Gasteiger partial charge in [0.05, 0.1) is 19.5 Å². The third-order valence-electron chi connectivity index (χ3n) is 3.86. The molecule has 1 aromatic heterocycles. The molecule has 1 aromatic rings. The molecule has 8 N–H and O–H groups in total. The van der Waals surface area contributed by atoms with Gasteiger partial charge in [-0.05, 0) is 18.4 Å². The average molecular weight is 430 g/mol. The van der Waals surface area contributed by atoms with E-state index in [9.17, 15) is 29.4 Å². The second-order valence-electron chi connectivity index (χ2n) is 6.03. The Morgan fingerprint density at radius 2 is 1.83 bits per heavy atom. The van der Waals surface area contributed by atoms with Crippen LogP contribution in [0.4, 0.5) is 0 Å². The number of aliphatic carboxylic acids is 1. The van der Waals surface area contributed by atoms with Crippen molar-refractivity contribution in [3.05, 3.63) is 18.2 Å². The summed E-state index contributed by atoms with van der Waals surface area (Å²) in [5, 5.41) is 25.7. The first-order valence-electron chi connectivity index (χ1n) is 8.72. The summed E-state index contributed by atoms with van der Waals surface area (Å²) < 4.78 is 0. The fourth-order valence-corrected chi connectivity index (χ4v) is 2.78. The molecule has 0 radical (unpaired) electrons. The maximum absolute atomic E-state index is 12.7. The van der Waals surface area contributed by atoms with Crippen molar-refractivity contribution in [3.63, 3.8) is 0 Å². The highest BCUT2D eigenvalue weighted by molar-refractivity contribution is 7.98. The zero-order valence-electron chi connectivity index (χ0n) is 15.9. The van der Waals surface area contributed by atoms with Gasteiger partial charge in [-0.15, -0.1) is 0 Å². The zero-order valence-corrected chi connectivity index (χ0v) is 16.7. The van der Waals surface area contributed by atoms with Crippen molar-refractivity contribution in [1.82, 2.24) is 25.9 Å². The van der Waals surface area contributed by atoms with Crippen molar-refractivity contribution in [2.24, 2.45) is 5.73 Å². The van der Waals surface area contributed by atoms with E-state index in [1.54, 1.807) is 0 Å². The minimum atomic E-state index is -1.31. The second-order valence-corrected chi connectivity index (χ2v) is 7.02. The van der Waals surface area contributed by atoms with Gasteiger partial charge >= 0.3 is 5.97 Å². The molecular weight excluding hydrogens is 404 g/mol. The fraction of sp³-hybridized carbons (Fsp3) is 0.562. The Hall–Kier alpha value is -2.64. The van der Waals surface area contributed by atoms with Gasteiger partial charge in [-0.25, -0.2) is 9.78 Å². The van der Waals surface area contributed by atoms with Crippen LogP contribution in [0.1, 0.15) is 12.1 Å². The minimum absolute atomic E-state index is 0.00454. The van der Waals surface area contributed by atoms with E-state index in [0.29, 0.717) is 11.4 Å². The molecule has 0 aliphatic heterocycles. The lowest BCUT2D eigenvalue weighted by molar-refractivity contribution is -0.142. The summed E-state index contributed by atoms with van der Waals surface area (Å²) in [5.41, 5.74) is 5.70. The molecule has 0 saturated carbocycles. The van der Waals surface area contributed by atoms with Crippen LogP contribution < -0.4 is 21.7 Å². The Morgan fingerprint density at radius 3 is 2.34 bits per heavy atom. The molecule has 0 bridgehead atoms. The van der Waals surface area contributed by atoms with E-state index in [4.69, 9.17) is 5.73 Å². The minimum Gasteiger partial charge on any atom is -0.480 e. The van der Waals surface area contributed by atoms with Crippen molar-refractivity contribution in [1.29, 1.82) is 0 Å². The predicted octanol–water partition coefficient (Wildman–Crippen LogP) is -2.80. The van der Waals surface area contributed by atoms with Gasteiger partial charge in [0.25, 0.3) is 0 Å². The quantitative estimate of drug-likeness (QED) is 0.173. The predicted molar refractivity (Wildman–Crippen MR) is 105 cm³/mol. The maximum atomic E-state index is 12.7. The van der Waals surface area contributed by atoms with Gasteiger partial charge in [-0.2, -0.15) is 11.8 Å². The molecule has 0 fully saturated rings. The van der Waals surface area contributed by atoms with E-state index >= 15 is 0 Å². The molecule has 29 heavy (non-hydrogen) atoms. The lowest BCUT2D eigenvalue weighted by atomic mass is 10.1. The number of carbonyl (C=O) groups excluding carboxylic acids is 3. The number of thioether (sulfide) groups is 1. The number of hydrogen-bond acceptors (Lipinski definition) is 8. The molecule has 0 unspecified atom stereocenters. The molecule has 3 atom stereocenters. The Morgan fingerprint density at radius 1 is 1.17 bits per heavy atom. The van der Waals surface area contributed by atoms with Crippen molar-refractivity contribution in [2.45, 2.75) is 31.0 Å². The van der Waals surface area contributed by atoms with Crippen LogP contribution in [-0.2, 0) is 25.6 Å². The lowest BCUT2D eigenvalue weighted by Crippen LogP contribution is -2.57. The third kappa shape index (κ3) is 8.50. The van der Waals surface area contributed by atoms with Crippen LogP contribution in [0.25, 0.3) is 0 Å². The molecule has 0 aromatic carbocycles. The van der Waals surface area contributed by atoms with Crippen LogP contribution in [0.5, 0.6) is 0 Å². The number of hydrogen-bond donors (Lipinski definition) is 7. The smallest absolute Gasteiger partial charge is 0.326 e. The number of rotatable bonds is 13. The number of carboxylic acids is 1. The molecule has 0 aliphatic rings. The number of nitrogens with one attached hydrogen (secondary N) is 4. The number of carbonyl (C=O) groups is 4. The maximum Gasteiger partial charge on any atom is 0.326 e. The normalized spacial score (nSPS) is 13.8. The number of imidazole rings is 1. The highest BCUT2D eigenvalue weighted by Crippen LogP contribution is 2.04. The number of H-pyrrole nitrogens is 1. The van der Waals surface area contributed by atoms with Crippen molar-refractivity contribution in [3.8, 4) is 0 Å². The van der Waals surface area contributed by atoms with E-state index in [2.05, 4.69) is 25.9 Å². The Bertz CT molecular complexity index is 685. The van der Waals surface area contributed by atoms with Gasteiger partial charge in [-0.3, -0.25) is 14.4 Å². The largest absolute Gasteiger partial charge is 0.480 e. The van der Waals surface area contributed by atoms with E-state index < -0.39 is 48.4 Å². The van der Waals surface area contributed by atoms with Crippen molar-refractivity contribution in [2.75, 3.05) is 25.2 Å². The lowest BCUT2D eigenvalue weighted by Gasteiger charge is -2.23. The summed E-state index contributed by atoms with van der Waals surface area (Å²) >= 11 is 1.44. The van der Waals surface area contributed by atoms with Crippen LogP contribution in [0, 0.1) is 0 Å². The summed E-state index contributed by atoms with van der Waals surface area (Å²) in [7, 11) is 0. The summed E-state index contributed by atoms with van der Waals surface area (Å²) in [4.78, 5) is 54.5. The fourth-order valence-electron chi connectivity index (χ4n) is 2.31. The molecule has 3 amide bonds. The number of aliphatic hydroxyl groups is 1. The first-order valence-corrected chi connectivity index (χ1v) is 10.1. The number of carboxylic acid groups (broad SMARTS) is 1. The van der Waals surface area contributed by atoms with Crippen LogP contribution in [0.15, 0.2) is 12.5 Å². The van der Waals surface area contributed by atoms with Gasteiger partial charge in [0, 0.05) is 18.3 Å². The summed E-state index contributed by atoms with van der Waals surface area (Å²) in [6, 6.07) is -3.60. The van der Waals surface area contributed by atoms with Crippen molar-refractivity contribution >= 4 is 35.5 Å². The van der Waals surface area contributed by atoms with E-state index in [1.807, 2.05) is 6.26 Å². The molecule has 1 rings (SSSR count). The molecule has 12 nitrogen and oxygen atoms in total. The number of aliphatic hydroxyl groups excluding tert-OH is 1. The van der Waals surface area contributed by atoms with E-state index in [-0.39, 0.29) is 19.4 Å².